The maximum atomic E-state index is 5.70. The van der Waals surface area contributed by atoms with Crippen molar-refractivity contribution in [2.24, 2.45) is 0 Å². The van der Waals surface area contributed by atoms with Crippen molar-refractivity contribution in [3.63, 3.8) is 0 Å². The molecule has 7 nitrogen and oxygen atoms in total. The Bertz CT molecular complexity index is 5180. The summed E-state index contributed by atoms with van der Waals surface area (Å²) in [5.41, 5.74) is 27.5. The number of para-hydroxylation sites is 3. The number of fused-ring (bicyclic) bond motifs is 7. The standard InChI is InChI=1S/C82H56BN7/c1-53-40-43-73-64(46-53)65-47-54(2)41-44-74(65)90(73)75-45-42-60(71-51-69(55-22-7-3-8-23-55)84-81(86-71)57-26-11-5-12-27-57)50-66(75)72-52-70(56-24-9-4-10-25-56)85-82(87-72)61-30-19-28-58(48-61)59-29-20-33-63(49-59)89-77-37-18-16-35-68(77)83-67-34-15-17-36-76(67)88(62-31-13-6-14-32-62)78-38-21-39-79(89)80(78)83/h3-52H,1-2H3. The van der Waals surface area contributed by atoms with E-state index in [0.29, 0.717) is 11.6 Å². The van der Waals surface area contributed by atoms with E-state index in [1.807, 2.05) is 24.3 Å². The fraction of sp³-hybridized carbons (Fsp3) is 0.0244. The first kappa shape index (κ1) is 52.6. The first-order valence-corrected chi connectivity index (χ1v) is 30.7. The van der Waals surface area contributed by atoms with Gasteiger partial charge in [0, 0.05) is 78.3 Å². The van der Waals surface area contributed by atoms with Crippen molar-refractivity contribution in [1.29, 1.82) is 0 Å². The van der Waals surface area contributed by atoms with Crippen LogP contribution in [-0.2, 0) is 0 Å². The van der Waals surface area contributed by atoms with Crippen LogP contribution in [-0.4, -0.2) is 31.2 Å². The van der Waals surface area contributed by atoms with Crippen molar-refractivity contribution in [1.82, 2.24) is 24.5 Å². The van der Waals surface area contributed by atoms with Gasteiger partial charge in [0.2, 0.25) is 0 Å². The summed E-state index contributed by atoms with van der Waals surface area (Å²) in [7, 11) is 0. The van der Waals surface area contributed by atoms with Crippen LogP contribution in [0.3, 0.4) is 0 Å². The molecule has 0 amide bonds. The molecule has 2 aliphatic rings. The molecule has 5 heterocycles. The van der Waals surface area contributed by atoms with Crippen LogP contribution in [0.2, 0.25) is 0 Å². The third-order valence-electron chi connectivity index (χ3n) is 17.9. The molecule has 8 heteroatoms. The van der Waals surface area contributed by atoms with Crippen molar-refractivity contribution in [2.45, 2.75) is 13.8 Å². The van der Waals surface area contributed by atoms with Crippen LogP contribution < -0.4 is 26.2 Å². The van der Waals surface area contributed by atoms with E-state index in [0.717, 1.165) is 95.4 Å². The lowest BCUT2D eigenvalue weighted by atomic mass is 9.33. The molecule has 17 rings (SSSR count). The molecule has 90 heavy (non-hydrogen) atoms. The monoisotopic (exact) mass is 1150 g/mol. The molecular formula is C82H56BN7. The third kappa shape index (κ3) is 8.99. The second-order valence-electron chi connectivity index (χ2n) is 23.5. The third-order valence-corrected chi connectivity index (χ3v) is 17.9. The lowest BCUT2D eigenvalue weighted by Crippen LogP contribution is -2.61. The van der Waals surface area contributed by atoms with Gasteiger partial charge < -0.3 is 14.4 Å². The number of benzene rings is 12. The van der Waals surface area contributed by atoms with Crippen LogP contribution in [0.4, 0.5) is 34.1 Å². The summed E-state index contributed by atoms with van der Waals surface area (Å²) in [6.45, 7) is 4.39. The van der Waals surface area contributed by atoms with Gasteiger partial charge in [0.25, 0.3) is 6.71 Å². The van der Waals surface area contributed by atoms with Gasteiger partial charge >= 0.3 is 0 Å². The lowest BCUT2D eigenvalue weighted by Gasteiger charge is -2.44. The van der Waals surface area contributed by atoms with Crippen molar-refractivity contribution in [3.8, 4) is 84.6 Å². The van der Waals surface area contributed by atoms with Gasteiger partial charge in [-0.25, -0.2) is 19.9 Å². The summed E-state index contributed by atoms with van der Waals surface area (Å²) in [4.78, 5) is 26.6. The summed E-state index contributed by atoms with van der Waals surface area (Å²) < 4.78 is 2.41. The Morgan fingerprint density at radius 3 is 1.32 bits per heavy atom. The van der Waals surface area contributed by atoms with Crippen molar-refractivity contribution in [2.75, 3.05) is 9.80 Å². The van der Waals surface area contributed by atoms with Crippen molar-refractivity contribution in [3.05, 3.63) is 314 Å². The molecule has 0 saturated heterocycles. The molecule has 0 aliphatic carbocycles. The summed E-state index contributed by atoms with van der Waals surface area (Å²) in [6.07, 6.45) is 0. The zero-order valence-corrected chi connectivity index (χ0v) is 49.6. The van der Waals surface area contributed by atoms with Crippen LogP contribution in [0.25, 0.3) is 106 Å². The molecule has 0 radical (unpaired) electrons. The van der Waals surface area contributed by atoms with Gasteiger partial charge in [-0.3, -0.25) is 0 Å². The van der Waals surface area contributed by atoms with Gasteiger partial charge in [-0.15, -0.1) is 0 Å². The van der Waals surface area contributed by atoms with Crippen LogP contribution >= 0.6 is 0 Å². The minimum atomic E-state index is 0.0533. The number of anilines is 6. The zero-order chi connectivity index (χ0) is 59.8. The maximum Gasteiger partial charge on any atom is 0.252 e. The SMILES string of the molecule is Cc1ccc2c(c1)c1cc(C)ccc1n2-c1ccc(-c2cc(-c3ccccc3)nc(-c3ccccc3)n2)cc1-c1cc(-c2ccccc2)nc(-c2cccc(-c3cccc(N4c5ccccc5B5c6ccccc6N(c6ccccc6)c6cccc4c65)c3)c2)n1. The highest BCUT2D eigenvalue weighted by atomic mass is 15.2. The first-order chi connectivity index (χ1) is 44.4. The molecule has 2 aliphatic heterocycles. The Balaban J connectivity index is 0.835. The average Bonchev–Trinajstić information content (AvgIpc) is 0.771. The normalized spacial score (nSPS) is 12.3. The smallest absolute Gasteiger partial charge is 0.252 e. The van der Waals surface area contributed by atoms with Gasteiger partial charge in [0.05, 0.1) is 39.5 Å². The number of aromatic nitrogens is 5. The number of nitrogens with zero attached hydrogens (tertiary/aromatic N) is 7. The molecule has 0 atom stereocenters. The van der Waals surface area contributed by atoms with Gasteiger partial charge in [-0.1, -0.05) is 211 Å². The van der Waals surface area contributed by atoms with E-state index in [1.165, 1.54) is 61.0 Å². The fourth-order valence-corrected chi connectivity index (χ4v) is 13.8. The van der Waals surface area contributed by atoms with E-state index in [4.69, 9.17) is 19.9 Å². The van der Waals surface area contributed by atoms with E-state index in [9.17, 15) is 0 Å². The second-order valence-corrected chi connectivity index (χ2v) is 23.5. The van der Waals surface area contributed by atoms with E-state index >= 15 is 0 Å². The molecule has 0 fully saturated rings. The second kappa shape index (κ2) is 21.6. The molecule has 0 bridgehead atoms. The zero-order valence-electron chi connectivity index (χ0n) is 49.6. The molecule has 0 unspecified atom stereocenters. The lowest BCUT2D eigenvalue weighted by molar-refractivity contribution is 1.15. The highest BCUT2D eigenvalue weighted by molar-refractivity contribution is 7.00. The summed E-state index contributed by atoms with van der Waals surface area (Å²) in [5, 5.41) is 2.40. The van der Waals surface area contributed by atoms with Crippen molar-refractivity contribution >= 4 is 79.0 Å². The molecular weight excluding hydrogens is 1090 g/mol. The van der Waals surface area contributed by atoms with Crippen LogP contribution in [0.15, 0.2) is 303 Å². The maximum absolute atomic E-state index is 5.70. The highest BCUT2D eigenvalue weighted by Gasteiger charge is 2.43. The molecule has 422 valence electrons. The molecule has 0 saturated carbocycles. The predicted molar refractivity (Wildman–Crippen MR) is 374 cm³/mol. The Hall–Kier alpha value is -11.7. The molecule has 12 aromatic carbocycles. The van der Waals surface area contributed by atoms with Crippen LogP contribution in [0, 0.1) is 13.8 Å². The van der Waals surface area contributed by atoms with E-state index in [2.05, 4.69) is 307 Å². The van der Waals surface area contributed by atoms with Gasteiger partial charge in [-0.2, -0.15) is 0 Å². The summed E-state index contributed by atoms with van der Waals surface area (Å²) in [6, 6.07) is 109. The Morgan fingerprint density at radius 1 is 0.278 bits per heavy atom. The first-order valence-electron chi connectivity index (χ1n) is 30.7. The molecule has 0 N–H and O–H groups in total. The molecule has 0 spiro atoms. The number of hydrogen-bond donors (Lipinski definition) is 0. The molecule has 3 aromatic heterocycles. The average molecular weight is 1150 g/mol. The highest BCUT2D eigenvalue weighted by Crippen LogP contribution is 2.46. The van der Waals surface area contributed by atoms with E-state index in [-0.39, 0.29) is 6.71 Å². The number of aryl methyl sites for hydroxylation is 2. The Labute approximate surface area is 523 Å². The largest absolute Gasteiger partial charge is 0.311 e. The Morgan fingerprint density at radius 2 is 0.711 bits per heavy atom. The van der Waals surface area contributed by atoms with Gasteiger partial charge in [0.1, 0.15) is 0 Å². The Kier molecular flexibility index (Phi) is 12.6. The van der Waals surface area contributed by atoms with Crippen molar-refractivity contribution < 1.29 is 0 Å². The topological polar surface area (TPSA) is 63.0 Å². The fourth-order valence-electron chi connectivity index (χ4n) is 13.8. The molecule has 15 aromatic rings. The van der Waals surface area contributed by atoms with Crippen LogP contribution in [0.5, 0.6) is 0 Å². The minimum Gasteiger partial charge on any atom is -0.311 e. The number of rotatable bonds is 10. The minimum absolute atomic E-state index is 0.0533. The predicted octanol–water partition coefficient (Wildman–Crippen LogP) is 18.7. The van der Waals surface area contributed by atoms with Gasteiger partial charge in [0.15, 0.2) is 11.6 Å². The summed E-state index contributed by atoms with van der Waals surface area (Å²) >= 11 is 0. The van der Waals surface area contributed by atoms with E-state index in [1.54, 1.807) is 0 Å². The van der Waals surface area contributed by atoms with E-state index < -0.39 is 0 Å². The van der Waals surface area contributed by atoms with Gasteiger partial charge in [-0.05, 0) is 144 Å². The summed E-state index contributed by atoms with van der Waals surface area (Å²) in [5.74, 6) is 1.27. The number of hydrogen-bond acceptors (Lipinski definition) is 6. The quantitative estimate of drug-likeness (QED) is 0.127. The van der Waals surface area contributed by atoms with Crippen LogP contribution in [0.1, 0.15) is 11.1 Å².